The van der Waals surface area contributed by atoms with Crippen molar-refractivity contribution >= 4 is 38.9 Å². The van der Waals surface area contributed by atoms with Crippen molar-refractivity contribution in [3.63, 3.8) is 0 Å². The van der Waals surface area contributed by atoms with E-state index < -0.39 is 10.0 Å². The fraction of sp³-hybridized carbons (Fsp3) is 0.0833. The van der Waals surface area contributed by atoms with Crippen molar-refractivity contribution in [2.24, 2.45) is 0 Å². The van der Waals surface area contributed by atoms with E-state index in [2.05, 4.69) is 15.1 Å². The Kier molecular flexibility index (Phi) is 6.48. The van der Waals surface area contributed by atoms with Gasteiger partial charge in [-0.05, 0) is 55.5 Å². The number of carbonyl (C=O) groups excluding carboxylic acids is 1. The number of hydrogen-bond acceptors (Lipinski definition) is 4. The summed E-state index contributed by atoms with van der Waals surface area (Å²) in [6, 6.07) is 23.1. The standard InChI is InChI=1S/C24H21ClN4O3S/c1-2-33(31,32)28-20-14-12-19(13-15-20)26-24(30)22-16-29(21-6-4-3-5-7-21)27-23(22)17-8-10-18(25)11-9-17/h3-16,28H,2H2,1H3,(H,26,30). The van der Waals surface area contributed by atoms with E-state index >= 15 is 0 Å². The Morgan fingerprint density at radius 1 is 0.939 bits per heavy atom. The summed E-state index contributed by atoms with van der Waals surface area (Å²) in [7, 11) is -3.37. The van der Waals surface area contributed by atoms with Crippen LogP contribution in [-0.4, -0.2) is 29.9 Å². The number of carbonyl (C=O) groups is 1. The zero-order valence-electron chi connectivity index (χ0n) is 17.7. The minimum Gasteiger partial charge on any atom is -0.322 e. The molecular formula is C24H21ClN4O3S. The molecule has 0 unspecified atom stereocenters. The monoisotopic (exact) mass is 480 g/mol. The van der Waals surface area contributed by atoms with Crippen LogP contribution in [0.15, 0.2) is 85.1 Å². The third kappa shape index (κ3) is 5.42. The minimum absolute atomic E-state index is 0.0234. The molecule has 0 radical (unpaired) electrons. The Morgan fingerprint density at radius 2 is 1.58 bits per heavy atom. The molecule has 1 heterocycles. The number of nitrogens with one attached hydrogen (secondary N) is 2. The van der Waals surface area contributed by atoms with Gasteiger partial charge in [0.05, 0.1) is 17.0 Å². The van der Waals surface area contributed by atoms with Crippen LogP contribution in [0.5, 0.6) is 0 Å². The molecule has 4 rings (SSSR count). The first kappa shape index (κ1) is 22.6. The predicted molar refractivity (Wildman–Crippen MR) is 131 cm³/mol. The van der Waals surface area contributed by atoms with Gasteiger partial charge in [0, 0.05) is 28.2 Å². The van der Waals surface area contributed by atoms with Gasteiger partial charge in [-0.3, -0.25) is 9.52 Å². The zero-order valence-corrected chi connectivity index (χ0v) is 19.3. The molecule has 0 atom stereocenters. The summed E-state index contributed by atoms with van der Waals surface area (Å²) in [4.78, 5) is 13.2. The second-order valence-electron chi connectivity index (χ2n) is 7.22. The molecule has 1 aromatic heterocycles. The van der Waals surface area contributed by atoms with Gasteiger partial charge in [0.25, 0.3) is 5.91 Å². The maximum absolute atomic E-state index is 13.2. The quantitative estimate of drug-likeness (QED) is 0.380. The summed E-state index contributed by atoms with van der Waals surface area (Å²) in [5.41, 5.74) is 3.42. The van der Waals surface area contributed by atoms with Gasteiger partial charge in [-0.15, -0.1) is 0 Å². The number of halogens is 1. The number of hydrogen-bond donors (Lipinski definition) is 2. The maximum Gasteiger partial charge on any atom is 0.259 e. The molecule has 2 N–H and O–H groups in total. The fourth-order valence-electron chi connectivity index (χ4n) is 3.15. The minimum atomic E-state index is -3.37. The molecule has 0 saturated heterocycles. The average Bonchev–Trinajstić information content (AvgIpc) is 3.27. The third-order valence-corrected chi connectivity index (χ3v) is 6.45. The largest absolute Gasteiger partial charge is 0.322 e. The highest BCUT2D eigenvalue weighted by atomic mass is 35.5. The number of benzene rings is 3. The maximum atomic E-state index is 13.2. The molecule has 0 aliphatic heterocycles. The van der Waals surface area contributed by atoms with Crippen LogP contribution in [-0.2, 0) is 10.0 Å². The molecule has 0 spiro atoms. The Morgan fingerprint density at radius 3 is 2.21 bits per heavy atom. The van der Waals surface area contributed by atoms with E-state index in [1.165, 1.54) is 0 Å². The van der Waals surface area contributed by atoms with Gasteiger partial charge < -0.3 is 5.32 Å². The predicted octanol–water partition coefficient (Wildman–Crippen LogP) is 5.21. The summed E-state index contributed by atoms with van der Waals surface area (Å²) >= 11 is 6.02. The third-order valence-electron chi connectivity index (χ3n) is 4.89. The van der Waals surface area contributed by atoms with Crippen molar-refractivity contribution in [3.05, 3.63) is 95.6 Å². The Balaban J connectivity index is 1.63. The van der Waals surface area contributed by atoms with Crippen LogP contribution >= 0.6 is 11.6 Å². The van der Waals surface area contributed by atoms with E-state index in [0.29, 0.717) is 27.7 Å². The number of amides is 1. The SMILES string of the molecule is CCS(=O)(=O)Nc1ccc(NC(=O)c2cn(-c3ccccc3)nc2-c2ccc(Cl)cc2)cc1. The summed E-state index contributed by atoms with van der Waals surface area (Å²) in [5, 5.41) is 8.08. The first-order valence-electron chi connectivity index (χ1n) is 10.2. The lowest BCUT2D eigenvalue weighted by atomic mass is 10.1. The van der Waals surface area contributed by atoms with Gasteiger partial charge in [0.1, 0.15) is 5.69 Å². The van der Waals surface area contributed by atoms with E-state index in [1.54, 1.807) is 54.2 Å². The molecule has 33 heavy (non-hydrogen) atoms. The molecule has 0 aliphatic carbocycles. The topological polar surface area (TPSA) is 93.1 Å². The van der Waals surface area contributed by atoms with Crippen molar-refractivity contribution in [1.29, 1.82) is 0 Å². The van der Waals surface area contributed by atoms with Crippen LogP contribution in [0.4, 0.5) is 11.4 Å². The summed E-state index contributed by atoms with van der Waals surface area (Å²) in [6.07, 6.45) is 1.68. The fourth-order valence-corrected chi connectivity index (χ4v) is 3.91. The molecule has 0 bridgehead atoms. The van der Waals surface area contributed by atoms with Gasteiger partial charge >= 0.3 is 0 Å². The molecule has 9 heteroatoms. The highest BCUT2D eigenvalue weighted by Crippen LogP contribution is 2.26. The number of rotatable bonds is 7. The summed E-state index contributed by atoms with van der Waals surface area (Å²) < 4.78 is 27.6. The van der Waals surface area contributed by atoms with Crippen LogP contribution in [0.3, 0.4) is 0 Å². The summed E-state index contributed by atoms with van der Waals surface area (Å²) in [5.74, 6) is -0.367. The highest BCUT2D eigenvalue weighted by Gasteiger charge is 2.19. The van der Waals surface area contributed by atoms with Gasteiger partial charge in [0.15, 0.2) is 0 Å². The van der Waals surface area contributed by atoms with Crippen molar-refractivity contribution in [1.82, 2.24) is 9.78 Å². The molecule has 3 aromatic carbocycles. The van der Waals surface area contributed by atoms with Crippen LogP contribution < -0.4 is 10.0 Å². The van der Waals surface area contributed by atoms with Crippen LogP contribution in [0.2, 0.25) is 5.02 Å². The molecule has 0 saturated carbocycles. The summed E-state index contributed by atoms with van der Waals surface area (Å²) in [6.45, 7) is 1.56. The van der Waals surface area contributed by atoms with Gasteiger partial charge in [0.2, 0.25) is 10.0 Å². The molecular weight excluding hydrogens is 460 g/mol. The zero-order chi connectivity index (χ0) is 23.4. The average molecular weight is 481 g/mol. The van der Waals surface area contributed by atoms with Crippen molar-refractivity contribution in [2.45, 2.75) is 6.92 Å². The second kappa shape index (κ2) is 9.48. The van der Waals surface area contributed by atoms with Crippen LogP contribution in [0, 0.1) is 0 Å². The first-order chi connectivity index (χ1) is 15.8. The molecule has 7 nitrogen and oxygen atoms in total. The molecule has 1 amide bonds. The van der Waals surface area contributed by atoms with E-state index in [0.717, 1.165) is 11.3 Å². The lowest BCUT2D eigenvalue weighted by molar-refractivity contribution is 0.102. The van der Waals surface area contributed by atoms with Gasteiger partial charge in [-0.1, -0.05) is 41.9 Å². The van der Waals surface area contributed by atoms with Gasteiger partial charge in [-0.2, -0.15) is 5.10 Å². The lowest BCUT2D eigenvalue weighted by Crippen LogP contribution is -2.15. The lowest BCUT2D eigenvalue weighted by Gasteiger charge is -2.08. The normalized spacial score (nSPS) is 11.2. The van der Waals surface area contributed by atoms with Crippen LogP contribution in [0.25, 0.3) is 16.9 Å². The van der Waals surface area contributed by atoms with Gasteiger partial charge in [-0.25, -0.2) is 13.1 Å². The molecule has 4 aromatic rings. The number of anilines is 2. The molecule has 0 aliphatic rings. The highest BCUT2D eigenvalue weighted by molar-refractivity contribution is 7.92. The van der Waals surface area contributed by atoms with E-state index in [-0.39, 0.29) is 11.7 Å². The number of para-hydroxylation sites is 1. The number of aromatic nitrogens is 2. The molecule has 168 valence electrons. The number of sulfonamides is 1. The Hall–Kier alpha value is -3.62. The van der Waals surface area contributed by atoms with E-state index in [4.69, 9.17) is 11.6 Å². The molecule has 0 fully saturated rings. The van der Waals surface area contributed by atoms with Crippen molar-refractivity contribution < 1.29 is 13.2 Å². The van der Waals surface area contributed by atoms with E-state index in [9.17, 15) is 13.2 Å². The second-order valence-corrected chi connectivity index (χ2v) is 9.66. The first-order valence-corrected chi connectivity index (χ1v) is 12.2. The van der Waals surface area contributed by atoms with Crippen LogP contribution in [0.1, 0.15) is 17.3 Å². The Bertz CT molecular complexity index is 1370. The van der Waals surface area contributed by atoms with Crippen molar-refractivity contribution in [3.8, 4) is 16.9 Å². The Labute approximate surface area is 197 Å². The van der Waals surface area contributed by atoms with E-state index in [1.807, 2.05) is 42.5 Å². The number of nitrogens with zero attached hydrogens (tertiary/aromatic N) is 2. The van der Waals surface area contributed by atoms with Crippen molar-refractivity contribution in [2.75, 3.05) is 15.8 Å². The smallest absolute Gasteiger partial charge is 0.259 e.